The molecular formula is C11H9F2N3. The zero-order chi connectivity index (χ0) is 11.5. The molecule has 16 heavy (non-hydrogen) atoms. The summed E-state index contributed by atoms with van der Waals surface area (Å²) >= 11 is 0. The monoisotopic (exact) mass is 221 g/mol. The van der Waals surface area contributed by atoms with Crippen LogP contribution in [0.3, 0.4) is 0 Å². The number of rotatable bonds is 2. The summed E-state index contributed by atoms with van der Waals surface area (Å²) in [7, 11) is 0. The molecule has 0 aliphatic heterocycles. The van der Waals surface area contributed by atoms with Gasteiger partial charge in [0.25, 0.3) is 0 Å². The number of benzene rings is 1. The topological polar surface area (TPSA) is 50.9 Å². The SMILES string of the molecule is NNc1ccnc(-c2cccc(F)c2F)c1. The minimum absolute atomic E-state index is 0.108. The molecule has 0 radical (unpaired) electrons. The second-order valence-corrected chi connectivity index (χ2v) is 3.18. The third-order valence-electron chi connectivity index (χ3n) is 2.15. The number of nitrogens with zero attached hydrogens (tertiary/aromatic N) is 1. The van der Waals surface area contributed by atoms with Crippen LogP contribution < -0.4 is 11.3 Å². The summed E-state index contributed by atoms with van der Waals surface area (Å²) in [6.45, 7) is 0. The first-order valence-electron chi connectivity index (χ1n) is 4.59. The van der Waals surface area contributed by atoms with Gasteiger partial charge in [-0.3, -0.25) is 10.8 Å². The van der Waals surface area contributed by atoms with Crippen LogP contribution in [0.4, 0.5) is 14.5 Å². The van der Waals surface area contributed by atoms with Crippen molar-refractivity contribution in [2.45, 2.75) is 0 Å². The molecule has 0 aliphatic rings. The molecule has 0 atom stereocenters. The van der Waals surface area contributed by atoms with E-state index in [1.54, 1.807) is 6.07 Å². The van der Waals surface area contributed by atoms with Gasteiger partial charge in [-0.05, 0) is 24.3 Å². The van der Waals surface area contributed by atoms with Crippen LogP contribution in [0.15, 0.2) is 36.5 Å². The Hall–Kier alpha value is -2.01. The molecule has 1 heterocycles. The highest BCUT2D eigenvalue weighted by atomic mass is 19.2. The summed E-state index contributed by atoms with van der Waals surface area (Å²) in [6.07, 6.45) is 1.47. The Morgan fingerprint density at radius 1 is 1.19 bits per heavy atom. The van der Waals surface area contributed by atoms with E-state index >= 15 is 0 Å². The molecule has 0 bridgehead atoms. The van der Waals surface area contributed by atoms with Gasteiger partial charge in [0.15, 0.2) is 11.6 Å². The lowest BCUT2D eigenvalue weighted by molar-refractivity contribution is 0.511. The van der Waals surface area contributed by atoms with Crippen molar-refractivity contribution < 1.29 is 8.78 Å². The van der Waals surface area contributed by atoms with Crippen LogP contribution >= 0.6 is 0 Å². The third-order valence-corrected chi connectivity index (χ3v) is 2.15. The minimum Gasteiger partial charge on any atom is -0.324 e. The molecule has 2 rings (SSSR count). The van der Waals surface area contributed by atoms with Gasteiger partial charge >= 0.3 is 0 Å². The van der Waals surface area contributed by atoms with Crippen molar-refractivity contribution in [3.8, 4) is 11.3 Å². The van der Waals surface area contributed by atoms with E-state index in [9.17, 15) is 8.78 Å². The highest BCUT2D eigenvalue weighted by Crippen LogP contribution is 2.24. The van der Waals surface area contributed by atoms with Gasteiger partial charge in [0.1, 0.15) is 0 Å². The highest BCUT2D eigenvalue weighted by Gasteiger charge is 2.10. The summed E-state index contributed by atoms with van der Waals surface area (Å²) in [5, 5.41) is 0. The van der Waals surface area contributed by atoms with Crippen molar-refractivity contribution in [2.75, 3.05) is 5.43 Å². The van der Waals surface area contributed by atoms with Gasteiger partial charge in [0, 0.05) is 11.8 Å². The van der Waals surface area contributed by atoms with Gasteiger partial charge in [-0.2, -0.15) is 0 Å². The molecule has 1 aromatic heterocycles. The molecule has 0 unspecified atom stereocenters. The van der Waals surface area contributed by atoms with E-state index in [1.165, 1.54) is 24.4 Å². The number of nitrogens with two attached hydrogens (primary N) is 1. The molecule has 0 spiro atoms. The number of aromatic nitrogens is 1. The number of hydrogen-bond acceptors (Lipinski definition) is 3. The van der Waals surface area contributed by atoms with Gasteiger partial charge < -0.3 is 5.43 Å². The molecule has 5 heteroatoms. The standard InChI is InChI=1S/C11H9F2N3/c12-9-3-1-2-8(11(9)13)10-6-7(16-14)4-5-15-10/h1-6H,14H2,(H,15,16). The van der Waals surface area contributed by atoms with E-state index < -0.39 is 11.6 Å². The van der Waals surface area contributed by atoms with Crippen LogP contribution in [0.5, 0.6) is 0 Å². The van der Waals surface area contributed by atoms with E-state index in [4.69, 9.17) is 5.84 Å². The predicted octanol–water partition coefficient (Wildman–Crippen LogP) is 2.31. The molecular weight excluding hydrogens is 212 g/mol. The van der Waals surface area contributed by atoms with Crippen LogP contribution in [0, 0.1) is 11.6 Å². The van der Waals surface area contributed by atoms with E-state index in [0.29, 0.717) is 11.4 Å². The maximum Gasteiger partial charge on any atom is 0.168 e. The van der Waals surface area contributed by atoms with Crippen LogP contribution in [-0.4, -0.2) is 4.98 Å². The summed E-state index contributed by atoms with van der Waals surface area (Å²) in [4.78, 5) is 3.96. The highest BCUT2D eigenvalue weighted by molar-refractivity contribution is 5.64. The van der Waals surface area contributed by atoms with Crippen LogP contribution in [0.2, 0.25) is 0 Å². The van der Waals surface area contributed by atoms with Gasteiger partial charge in [-0.1, -0.05) is 6.07 Å². The van der Waals surface area contributed by atoms with E-state index in [-0.39, 0.29) is 5.56 Å². The fraction of sp³-hybridized carbons (Fsp3) is 0. The molecule has 0 saturated heterocycles. The van der Waals surface area contributed by atoms with Crippen LogP contribution in [0.1, 0.15) is 0 Å². The smallest absolute Gasteiger partial charge is 0.168 e. The zero-order valence-electron chi connectivity index (χ0n) is 8.24. The molecule has 1 aromatic carbocycles. The summed E-state index contributed by atoms with van der Waals surface area (Å²) < 4.78 is 26.5. The first kappa shape index (κ1) is 10.5. The van der Waals surface area contributed by atoms with Gasteiger partial charge in [0.2, 0.25) is 0 Å². The van der Waals surface area contributed by atoms with Crippen molar-refractivity contribution in [1.82, 2.24) is 4.98 Å². The number of anilines is 1. The number of pyridine rings is 1. The first-order chi connectivity index (χ1) is 7.72. The molecule has 82 valence electrons. The Morgan fingerprint density at radius 2 is 2.00 bits per heavy atom. The quantitative estimate of drug-likeness (QED) is 0.604. The maximum absolute atomic E-state index is 13.5. The Morgan fingerprint density at radius 3 is 2.75 bits per heavy atom. The van der Waals surface area contributed by atoms with Crippen LogP contribution in [0.25, 0.3) is 11.3 Å². The molecule has 3 N–H and O–H groups in total. The van der Waals surface area contributed by atoms with Crippen molar-refractivity contribution in [3.63, 3.8) is 0 Å². The molecule has 0 aliphatic carbocycles. The Balaban J connectivity index is 2.54. The zero-order valence-corrected chi connectivity index (χ0v) is 8.24. The lowest BCUT2D eigenvalue weighted by Crippen LogP contribution is -2.06. The summed E-state index contributed by atoms with van der Waals surface area (Å²) in [5.74, 6) is 3.41. The molecule has 0 saturated carbocycles. The third kappa shape index (κ3) is 1.85. The van der Waals surface area contributed by atoms with Crippen molar-refractivity contribution >= 4 is 5.69 Å². The van der Waals surface area contributed by atoms with Gasteiger partial charge in [-0.25, -0.2) is 8.78 Å². The summed E-state index contributed by atoms with van der Waals surface area (Å²) in [6, 6.07) is 7.11. The Labute approximate surface area is 90.9 Å². The number of hydrogen-bond donors (Lipinski definition) is 2. The maximum atomic E-state index is 13.5. The fourth-order valence-electron chi connectivity index (χ4n) is 1.37. The van der Waals surface area contributed by atoms with Crippen molar-refractivity contribution in [2.24, 2.45) is 5.84 Å². The first-order valence-corrected chi connectivity index (χ1v) is 4.59. The van der Waals surface area contributed by atoms with Crippen molar-refractivity contribution in [3.05, 3.63) is 48.2 Å². The minimum atomic E-state index is -0.913. The van der Waals surface area contributed by atoms with E-state index in [2.05, 4.69) is 10.4 Å². The van der Waals surface area contributed by atoms with Crippen molar-refractivity contribution in [1.29, 1.82) is 0 Å². The predicted molar refractivity (Wildman–Crippen MR) is 57.4 cm³/mol. The summed E-state index contributed by atoms with van der Waals surface area (Å²) in [5.41, 5.74) is 3.43. The lowest BCUT2D eigenvalue weighted by Gasteiger charge is -2.05. The van der Waals surface area contributed by atoms with Gasteiger partial charge in [-0.15, -0.1) is 0 Å². The normalized spacial score (nSPS) is 10.2. The lowest BCUT2D eigenvalue weighted by atomic mass is 10.1. The number of halogens is 2. The average Bonchev–Trinajstić information content (AvgIpc) is 2.33. The largest absolute Gasteiger partial charge is 0.324 e. The molecule has 3 nitrogen and oxygen atoms in total. The number of nitrogen functional groups attached to an aromatic ring is 1. The fourth-order valence-corrected chi connectivity index (χ4v) is 1.37. The second-order valence-electron chi connectivity index (χ2n) is 3.18. The average molecular weight is 221 g/mol. The number of hydrazine groups is 1. The molecule has 0 fully saturated rings. The second kappa shape index (κ2) is 4.24. The van der Waals surface area contributed by atoms with Crippen LogP contribution in [-0.2, 0) is 0 Å². The van der Waals surface area contributed by atoms with Gasteiger partial charge in [0.05, 0.1) is 11.4 Å². The molecule has 0 amide bonds. The Kier molecular flexibility index (Phi) is 2.78. The Bertz CT molecular complexity index is 514. The molecule has 2 aromatic rings. The van der Waals surface area contributed by atoms with E-state index in [1.807, 2.05) is 0 Å². The van der Waals surface area contributed by atoms with E-state index in [0.717, 1.165) is 6.07 Å². The number of nitrogens with one attached hydrogen (secondary N) is 1.